The first-order chi connectivity index (χ1) is 16.4. The van der Waals surface area contributed by atoms with Crippen molar-refractivity contribution in [2.75, 3.05) is 42.1 Å². The van der Waals surface area contributed by atoms with Gasteiger partial charge in [-0.2, -0.15) is 0 Å². The van der Waals surface area contributed by atoms with Gasteiger partial charge in [-0.25, -0.2) is 4.39 Å². The monoisotopic (exact) mass is 483 g/mol. The molecule has 2 heterocycles. The lowest BCUT2D eigenvalue weighted by molar-refractivity contribution is -0.113. The molecule has 0 radical (unpaired) electrons. The standard InChI is InChI=1S/C24H26FN5O3S/c1-16(2)22-27-28-24(33-22)34-15-21(31)26-17-7-9-18(10-8-17)29-11-13-30(14-12-29)23(32)19-5-3-4-6-20(19)25/h3-10,16H,11-15H2,1-2H3,(H,26,31). The van der Waals surface area contributed by atoms with Crippen molar-refractivity contribution in [1.82, 2.24) is 15.1 Å². The van der Waals surface area contributed by atoms with Crippen molar-refractivity contribution >= 4 is 35.0 Å². The van der Waals surface area contributed by atoms with Gasteiger partial charge in [0.15, 0.2) is 0 Å². The molecule has 0 spiro atoms. The van der Waals surface area contributed by atoms with Crippen molar-refractivity contribution in [1.29, 1.82) is 0 Å². The second kappa shape index (κ2) is 10.7. The first kappa shape index (κ1) is 23.7. The summed E-state index contributed by atoms with van der Waals surface area (Å²) in [7, 11) is 0. The van der Waals surface area contributed by atoms with Crippen LogP contribution < -0.4 is 10.2 Å². The number of piperazine rings is 1. The molecule has 4 rings (SSSR count). The molecule has 3 aromatic rings. The van der Waals surface area contributed by atoms with Crippen LogP contribution in [0.3, 0.4) is 0 Å². The van der Waals surface area contributed by atoms with Gasteiger partial charge in [0.05, 0.1) is 11.3 Å². The van der Waals surface area contributed by atoms with E-state index in [1.54, 1.807) is 17.0 Å². The summed E-state index contributed by atoms with van der Waals surface area (Å²) in [5.74, 6) is -0.0831. The normalized spacial score (nSPS) is 13.9. The summed E-state index contributed by atoms with van der Waals surface area (Å²) in [6.07, 6.45) is 0. The van der Waals surface area contributed by atoms with E-state index < -0.39 is 5.82 Å². The highest BCUT2D eigenvalue weighted by molar-refractivity contribution is 7.99. The zero-order chi connectivity index (χ0) is 24.1. The molecule has 1 aliphatic heterocycles. The Kier molecular flexibility index (Phi) is 7.46. The lowest BCUT2D eigenvalue weighted by Crippen LogP contribution is -2.49. The van der Waals surface area contributed by atoms with Crippen molar-refractivity contribution < 1.29 is 18.4 Å². The zero-order valence-electron chi connectivity index (χ0n) is 19.0. The SMILES string of the molecule is CC(C)c1nnc(SCC(=O)Nc2ccc(N3CCN(C(=O)c4ccccc4F)CC3)cc2)o1. The Balaban J connectivity index is 1.25. The number of hydrogen-bond donors (Lipinski definition) is 1. The molecule has 0 bridgehead atoms. The molecular weight excluding hydrogens is 457 g/mol. The fraction of sp³-hybridized carbons (Fsp3) is 0.333. The van der Waals surface area contributed by atoms with Crippen molar-refractivity contribution in [3.63, 3.8) is 0 Å². The third-order valence-corrected chi connectivity index (χ3v) is 6.25. The van der Waals surface area contributed by atoms with Gasteiger partial charge in [-0.3, -0.25) is 9.59 Å². The topological polar surface area (TPSA) is 91.6 Å². The molecule has 2 aromatic carbocycles. The van der Waals surface area contributed by atoms with Crippen LogP contribution >= 0.6 is 11.8 Å². The molecule has 178 valence electrons. The number of carbonyl (C=O) groups is 2. The maximum Gasteiger partial charge on any atom is 0.277 e. The number of nitrogens with one attached hydrogen (secondary N) is 1. The van der Waals surface area contributed by atoms with E-state index in [1.165, 1.54) is 23.9 Å². The summed E-state index contributed by atoms with van der Waals surface area (Å²) in [4.78, 5) is 28.7. The molecule has 0 saturated carbocycles. The smallest absolute Gasteiger partial charge is 0.277 e. The predicted molar refractivity (Wildman–Crippen MR) is 129 cm³/mol. The van der Waals surface area contributed by atoms with Crippen molar-refractivity contribution in [3.05, 3.63) is 65.8 Å². The minimum Gasteiger partial charge on any atom is -0.416 e. The van der Waals surface area contributed by atoms with E-state index in [4.69, 9.17) is 4.42 Å². The Morgan fingerprint density at radius 3 is 2.41 bits per heavy atom. The molecule has 1 saturated heterocycles. The van der Waals surface area contributed by atoms with Gasteiger partial charge in [0, 0.05) is 43.5 Å². The van der Waals surface area contributed by atoms with Gasteiger partial charge in [-0.15, -0.1) is 10.2 Å². The summed E-state index contributed by atoms with van der Waals surface area (Å²) in [5.41, 5.74) is 1.79. The summed E-state index contributed by atoms with van der Waals surface area (Å²) in [5, 5.41) is 11.1. The molecule has 0 unspecified atom stereocenters. The van der Waals surface area contributed by atoms with Crippen molar-refractivity contribution in [2.24, 2.45) is 0 Å². The number of thioether (sulfide) groups is 1. The number of rotatable bonds is 7. The number of nitrogens with zero attached hydrogens (tertiary/aromatic N) is 4. The molecule has 1 N–H and O–H groups in total. The third kappa shape index (κ3) is 5.74. The lowest BCUT2D eigenvalue weighted by Gasteiger charge is -2.36. The summed E-state index contributed by atoms with van der Waals surface area (Å²) in [6.45, 7) is 6.23. The first-order valence-electron chi connectivity index (χ1n) is 11.1. The largest absolute Gasteiger partial charge is 0.416 e. The zero-order valence-corrected chi connectivity index (χ0v) is 19.8. The van der Waals surface area contributed by atoms with Crippen LogP contribution in [0, 0.1) is 5.82 Å². The number of carbonyl (C=O) groups excluding carboxylic acids is 2. The Bertz CT molecular complexity index is 1140. The van der Waals surface area contributed by atoms with Crippen LogP contribution in [0.1, 0.15) is 36.0 Å². The third-order valence-electron chi connectivity index (χ3n) is 5.43. The Labute approximate surface area is 201 Å². The Hall–Kier alpha value is -3.40. The predicted octanol–water partition coefficient (Wildman–Crippen LogP) is 4.03. The van der Waals surface area contributed by atoms with Gasteiger partial charge in [0.25, 0.3) is 11.1 Å². The molecule has 1 aromatic heterocycles. The van der Waals surface area contributed by atoms with Crippen LogP contribution in [-0.4, -0.2) is 58.8 Å². The highest BCUT2D eigenvalue weighted by Gasteiger charge is 2.24. The van der Waals surface area contributed by atoms with Gasteiger partial charge < -0.3 is 19.5 Å². The van der Waals surface area contributed by atoms with Crippen molar-refractivity contribution in [3.8, 4) is 0 Å². The number of benzene rings is 2. The molecule has 10 heteroatoms. The number of hydrogen-bond acceptors (Lipinski definition) is 7. The maximum atomic E-state index is 13.9. The van der Waals surface area contributed by atoms with Gasteiger partial charge in [-0.1, -0.05) is 37.7 Å². The van der Waals surface area contributed by atoms with E-state index in [1.807, 2.05) is 38.1 Å². The van der Waals surface area contributed by atoms with Gasteiger partial charge in [-0.05, 0) is 36.4 Å². The van der Waals surface area contributed by atoms with E-state index in [0.717, 1.165) is 5.69 Å². The van der Waals surface area contributed by atoms with Gasteiger partial charge in [0.2, 0.25) is 11.8 Å². The van der Waals surface area contributed by atoms with Crippen LogP contribution in [0.5, 0.6) is 0 Å². The quantitative estimate of drug-likeness (QED) is 0.508. The fourth-order valence-corrected chi connectivity index (χ4v) is 4.13. The number of anilines is 2. The minimum atomic E-state index is -0.497. The summed E-state index contributed by atoms with van der Waals surface area (Å²) < 4.78 is 19.4. The van der Waals surface area contributed by atoms with Crippen LogP contribution in [0.2, 0.25) is 0 Å². The van der Waals surface area contributed by atoms with Gasteiger partial charge in [0.1, 0.15) is 5.82 Å². The van der Waals surface area contributed by atoms with Crippen LogP contribution in [0.15, 0.2) is 58.2 Å². The second-order valence-electron chi connectivity index (χ2n) is 8.20. The van der Waals surface area contributed by atoms with E-state index in [-0.39, 0.29) is 29.0 Å². The fourth-order valence-electron chi connectivity index (χ4n) is 3.56. The Morgan fingerprint density at radius 1 is 1.06 bits per heavy atom. The van der Waals surface area contributed by atoms with Crippen molar-refractivity contribution in [2.45, 2.75) is 25.0 Å². The molecule has 34 heavy (non-hydrogen) atoms. The summed E-state index contributed by atoms with van der Waals surface area (Å²) in [6, 6.07) is 13.6. The molecule has 1 aliphatic rings. The van der Waals surface area contributed by atoms with E-state index in [0.29, 0.717) is 43.0 Å². The molecule has 0 atom stereocenters. The molecule has 0 aliphatic carbocycles. The minimum absolute atomic E-state index is 0.105. The lowest BCUT2D eigenvalue weighted by atomic mass is 10.1. The number of aromatic nitrogens is 2. The first-order valence-corrected chi connectivity index (χ1v) is 12.0. The van der Waals surface area contributed by atoms with Crippen LogP contribution in [-0.2, 0) is 4.79 Å². The van der Waals surface area contributed by atoms with Crippen LogP contribution in [0.4, 0.5) is 15.8 Å². The van der Waals surface area contributed by atoms with Crippen LogP contribution in [0.25, 0.3) is 0 Å². The average Bonchev–Trinajstić information content (AvgIpc) is 3.33. The molecular formula is C24H26FN5O3S. The number of amides is 2. The van der Waals surface area contributed by atoms with E-state index in [9.17, 15) is 14.0 Å². The van der Waals surface area contributed by atoms with E-state index >= 15 is 0 Å². The molecule has 8 nitrogen and oxygen atoms in total. The molecule has 1 fully saturated rings. The number of halogens is 1. The average molecular weight is 484 g/mol. The Morgan fingerprint density at radius 2 is 1.76 bits per heavy atom. The maximum absolute atomic E-state index is 13.9. The molecule has 2 amide bonds. The van der Waals surface area contributed by atoms with Gasteiger partial charge >= 0.3 is 0 Å². The second-order valence-corrected chi connectivity index (χ2v) is 9.13. The summed E-state index contributed by atoms with van der Waals surface area (Å²) >= 11 is 1.20. The highest BCUT2D eigenvalue weighted by Crippen LogP contribution is 2.23. The van der Waals surface area contributed by atoms with E-state index in [2.05, 4.69) is 20.4 Å². The highest BCUT2D eigenvalue weighted by atomic mass is 32.2.